The van der Waals surface area contributed by atoms with Crippen LogP contribution < -0.4 is 10.6 Å². The van der Waals surface area contributed by atoms with Gasteiger partial charge in [-0.05, 0) is 37.5 Å². The van der Waals surface area contributed by atoms with Crippen molar-refractivity contribution in [3.8, 4) is 0 Å². The number of carbonyl (C=O) groups is 2. The zero-order valence-corrected chi connectivity index (χ0v) is 12.2. The highest BCUT2D eigenvalue weighted by Crippen LogP contribution is 2.48. The predicted molar refractivity (Wildman–Crippen MR) is 78.6 cm³/mol. The minimum absolute atomic E-state index is 0.0658. The number of halogens is 1. The lowest BCUT2D eigenvalue weighted by molar-refractivity contribution is -0.125. The normalized spacial score (nSPS) is 21.2. The van der Waals surface area contributed by atoms with E-state index >= 15 is 0 Å². The molecule has 1 saturated carbocycles. The van der Waals surface area contributed by atoms with Crippen LogP contribution in [0.5, 0.6) is 0 Å². The van der Waals surface area contributed by atoms with Crippen LogP contribution in [0.1, 0.15) is 37.7 Å². The Labute approximate surface area is 122 Å². The number of nitrogens with two attached hydrogens (primary N) is 1. The molecule has 4 nitrogen and oxygen atoms in total. The number of hydrogen-bond donors (Lipinski definition) is 1. The molecular formula is C15H17ClN2O2. The minimum atomic E-state index is -0.461. The summed E-state index contributed by atoms with van der Waals surface area (Å²) in [5.74, 6) is -0.190. The van der Waals surface area contributed by atoms with Crippen LogP contribution in [0.15, 0.2) is 12.1 Å². The molecule has 0 aromatic heterocycles. The van der Waals surface area contributed by atoms with Crippen LogP contribution in [0, 0.1) is 12.3 Å². The van der Waals surface area contributed by atoms with Gasteiger partial charge in [-0.2, -0.15) is 0 Å². The van der Waals surface area contributed by atoms with Gasteiger partial charge in [-0.1, -0.05) is 24.4 Å². The zero-order valence-electron chi connectivity index (χ0n) is 11.4. The molecule has 5 heteroatoms. The van der Waals surface area contributed by atoms with E-state index in [1.807, 2.05) is 6.92 Å². The number of amides is 2. The first-order valence-electron chi connectivity index (χ1n) is 6.88. The second kappa shape index (κ2) is 4.48. The summed E-state index contributed by atoms with van der Waals surface area (Å²) < 4.78 is 0. The first-order valence-corrected chi connectivity index (χ1v) is 7.25. The molecule has 3 rings (SSSR count). The molecule has 1 saturated heterocycles. The monoisotopic (exact) mass is 292 g/mol. The average Bonchev–Trinajstić information content (AvgIpc) is 2.93. The molecule has 106 valence electrons. The highest BCUT2D eigenvalue weighted by molar-refractivity contribution is 6.34. The van der Waals surface area contributed by atoms with Gasteiger partial charge in [-0.15, -0.1) is 0 Å². The van der Waals surface area contributed by atoms with Crippen molar-refractivity contribution < 1.29 is 9.59 Å². The number of rotatable bonds is 1. The van der Waals surface area contributed by atoms with Crippen molar-refractivity contribution in [2.24, 2.45) is 5.41 Å². The summed E-state index contributed by atoms with van der Waals surface area (Å²) in [5, 5.41) is 0.374. The van der Waals surface area contributed by atoms with Crippen LogP contribution in [0.3, 0.4) is 0 Å². The summed E-state index contributed by atoms with van der Waals surface area (Å²) in [6, 6.07) is 3.33. The van der Waals surface area contributed by atoms with E-state index < -0.39 is 5.41 Å². The molecule has 0 atom stereocenters. The largest absolute Gasteiger partial charge is 0.398 e. The molecule has 2 amide bonds. The van der Waals surface area contributed by atoms with Crippen molar-refractivity contribution in [1.29, 1.82) is 0 Å². The fraction of sp³-hybridized carbons (Fsp3) is 0.467. The first kappa shape index (κ1) is 13.4. The highest BCUT2D eigenvalue weighted by Gasteiger charge is 2.53. The molecule has 0 unspecified atom stereocenters. The Bertz CT molecular complexity index is 606. The van der Waals surface area contributed by atoms with Gasteiger partial charge >= 0.3 is 0 Å². The van der Waals surface area contributed by atoms with Gasteiger partial charge in [0.15, 0.2) is 0 Å². The van der Waals surface area contributed by atoms with Crippen LogP contribution in [0.2, 0.25) is 5.02 Å². The third kappa shape index (κ3) is 1.82. The van der Waals surface area contributed by atoms with Crippen molar-refractivity contribution >= 4 is 34.8 Å². The Morgan fingerprint density at radius 1 is 1.25 bits per heavy atom. The number of anilines is 2. The van der Waals surface area contributed by atoms with E-state index in [1.54, 1.807) is 12.1 Å². The Hall–Kier alpha value is -1.55. The molecule has 1 aliphatic heterocycles. The van der Waals surface area contributed by atoms with Gasteiger partial charge in [0.25, 0.3) is 0 Å². The van der Waals surface area contributed by atoms with E-state index in [1.165, 1.54) is 4.90 Å². The summed E-state index contributed by atoms with van der Waals surface area (Å²) in [7, 11) is 0. The molecule has 1 spiro atoms. The number of benzene rings is 1. The molecule has 1 aliphatic carbocycles. The van der Waals surface area contributed by atoms with Crippen LogP contribution in [-0.4, -0.2) is 11.8 Å². The van der Waals surface area contributed by atoms with Crippen molar-refractivity contribution in [1.82, 2.24) is 0 Å². The van der Waals surface area contributed by atoms with E-state index in [-0.39, 0.29) is 11.8 Å². The second-order valence-corrected chi connectivity index (χ2v) is 6.27. The average molecular weight is 293 g/mol. The topological polar surface area (TPSA) is 63.4 Å². The molecule has 2 N–H and O–H groups in total. The van der Waals surface area contributed by atoms with Crippen molar-refractivity contribution in [3.63, 3.8) is 0 Å². The summed E-state index contributed by atoms with van der Waals surface area (Å²) in [6.45, 7) is 1.84. The predicted octanol–water partition coefficient (Wildman–Crippen LogP) is 3.05. The summed E-state index contributed by atoms with van der Waals surface area (Å²) >= 11 is 6.04. The van der Waals surface area contributed by atoms with Crippen molar-refractivity contribution in [2.75, 3.05) is 10.6 Å². The maximum atomic E-state index is 12.7. The molecule has 1 aromatic carbocycles. The molecule has 20 heavy (non-hydrogen) atoms. The molecule has 0 radical (unpaired) electrons. The second-order valence-electron chi connectivity index (χ2n) is 5.86. The van der Waals surface area contributed by atoms with Crippen LogP contribution in [0.25, 0.3) is 0 Å². The Balaban J connectivity index is 2.04. The van der Waals surface area contributed by atoms with Gasteiger partial charge in [0.1, 0.15) is 0 Å². The first-order chi connectivity index (χ1) is 9.44. The third-order valence-electron chi connectivity index (χ3n) is 4.51. The Morgan fingerprint density at radius 2 is 1.90 bits per heavy atom. The molecule has 2 fully saturated rings. The molecule has 1 aromatic rings. The number of hydrogen-bond acceptors (Lipinski definition) is 3. The fourth-order valence-electron chi connectivity index (χ4n) is 3.41. The summed E-state index contributed by atoms with van der Waals surface area (Å²) in [5.41, 5.74) is 7.12. The van der Waals surface area contributed by atoms with Crippen LogP contribution in [-0.2, 0) is 9.59 Å². The Morgan fingerprint density at radius 3 is 2.55 bits per heavy atom. The van der Waals surface area contributed by atoms with Crippen LogP contribution >= 0.6 is 11.6 Å². The van der Waals surface area contributed by atoms with Gasteiger partial charge in [-0.3, -0.25) is 9.59 Å². The summed E-state index contributed by atoms with van der Waals surface area (Å²) in [4.78, 5) is 26.4. The standard InChI is InChI=1S/C15H17ClN2O2/c1-9-6-11(17)10(16)7-12(9)18-13(19)8-15(14(18)20)4-2-3-5-15/h6-7H,2-5,8,17H2,1H3. The highest BCUT2D eigenvalue weighted by atomic mass is 35.5. The Kier molecular flexibility index (Phi) is 3.01. The third-order valence-corrected chi connectivity index (χ3v) is 4.84. The lowest BCUT2D eigenvalue weighted by atomic mass is 9.84. The van der Waals surface area contributed by atoms with E-state index in [9.17, 15) is 9.59 Å². The number of imide groups is 1. The molecule has 1 heterocycles. The van der Waals surface area contributed by atoms with Crippen molar-refractivity contribution in [3.05, 3.63) is 22.7 Å². The SMILES string of the molecule is Cc1cc(N)c(Cl)cc1N1C(=O)CC2(CCCC2)C1=O. The zero-order chi connectivity index (χ0) is 14.5. The van der Waals surface area contributed by atoms with Gasteiger partial charge in [0.2, 0.25) is 11.8 Å². The van der Waals surface area contributed by atoms with Crippen molar-refractivity contribution in [2.45, 2.75) is 39.0 Å². The van der Waals surface area contributed by atoms with E-state index in [4.69, 9.17) is 17.3 Å². The van der Waals surface area contributed by atoms with Gasteiger partial charge < -0.3 is 5.73 Å². The van der Waals surface area contributed by atoms with E-state index in [0.29, 0.717) is 22.8 Å². The van der Waals surface area contributed by atoms with E-state index in [2.05, 4.69) is 0 Å². The maximum absolute atomic E-state index is 12.7. The van der Waals surface area contributed by atoms with Gasteiger partial charge in [-0.25, -0.2) is 4.90 Å². The van der Waals surface area contributed by atoms with E-state index in [0.717, 1.165) is 31.2 Å². The molecule has 0 bridgehead atoms. The molecular weight excluding hydrogens is 276 g/mol. The summed E-state index contributed by atoms with van der Waals surface area (Å²) in [6.07, 6.45) is 4.00. The van der Waals surface area contributed by atoms with Crippen LogP contribution in [0.4, 0.5) is 11.4 Å². The van der Waals surface area contributed by atoms with Gasteiger partial charge in [0, 0.05) is 6.42 Å². The number of nitrogens with zero attached hydrogens (tertiary/aromatic N) is 1. The number of nitrogen functional groups attached to an aromatic ring is 1. The fourth-order valence-corrected chi connectivity index (χ4v) is 3.57. The lowest BCUT2D eigenvalue weighted by Gasteiger charge is -2.22. The minimum Gasteiger partial charge on any atom is -0.398 e. The quantitative estimate of drug-likeness (QED) is 0.639. The lowest BCUT2D eigenvalue weighted by Crippen LogP contribution is -2.34. The maximum Gasteiger partial charge on any atom is 0.240 e. The smallest absolute Gasteiger partial charge is 0.240 e. The molecule has 2 aliphatic rings. The number of aryl methyl sites for hydroxylation is 1. The van der Waals surface area contributed by atoms with Gasteiger partial charge in [0.05, 0.1) is 21.8 Å². The number of carbonyl (C=O) groups excluding carboxylic acids is 2.